The molecule has 0 bridgehead atoms. The van der Waals surface area contributed by atoms with E-state index in [1.807, 2.05) is 0 Å². The van der Waals surface area contributed by atoms with Gasteiger partial charge >= 0.3 is 0 Å². The predicted octanol–water partition coefficient (Wildman–Crippen LogP) is 2.91. The molecule has 0 unspecified atom stereocenters. The van der Waals surface area contributed by atoms with Crippen molar-refractivity contribution in [1.29, 1.82) is 0 Å². The summed E-state index contributed by atoms with van der Waals surface area (Å²) in [5.74, 6) is 0.716. The zero-order chi connectivity index (χ0) is 16.1. The molecule has 0 saturated heterocycles. The molecule has 0 fully saturated rings. The number of anilines is 1. The molecule has 23 heavy (non-hydrogen) atoms. The van der Waals surface area contributed by atoms with Gasteiger partial charge in [-0.1, -0.05) is 23.4 Å². The van der Waals surface area contributed by atoms with Crippen molar-refractivity contribution < 1.29 is 9.21 Å². The van der Waals surface area contributed by atoms with Crippen LogP contribution in [0.1, 0.15) is 0 Å². The van der Waals surface area contributed by atoms with Crippen molar-refractivity contribution in [3.8, 4) is 11.5 Å². The van der Waals surface area contributed by atoms with Crippen LogP contribution in [-0.2, 0) is 4.79 Å². The van der Waals surface area contributed by atoms with Crippen molar-refractivity contribution in [1.82, 2.24) is 20.2 Å². The third kappa shape index (κ3) is 4.27. The van der Waals surface area contributed by atoms with Gasteiger partial charge in [0, 0.05) is 24.2 Å². The monoisotopic (exact) mass is 347 g/mol. The molecule has 0 aliphatic heterocycles. The van der Waals surface area contributed by atoms with Gasteiger partial charge in [-0.3, -0.25) is 9.78 Å². The fraction of sp³-hybridized carbons (Fsp3) is 0.0714. The first kappa shape index (κ1) is 15.4. The van der Waals surface area contributed by atoms with Crippen molar-refractivity contribution in [2.24, 2.45) is 0 Å². The minimum Gasteiger partial charge on any atom is -0.411 e. The molecule has 0 aliphatic rings. The average molecular weight is 348 g/mol. The smallest absolute Gasteiger partial charge is 0.277 e. The lowest BCUT2D eigenvalue weighted by molar-refractivity contribution is -0.113. The Bertz CT molecular complexity index is 794. The largest absolute Gasteiger partial charge is 0.411 e. The highest BCUT2D eigenvalue weighted by Crippen LogP contribution is 2.22. The van der Waals surface area contributed by atoms with E-state index in [0.717, 1.165) is 17.3 Å². The fourth-order valence-electron chi connectivity index (χ4n) is 1.64. The van der Waals surface area contributed by atoms with E-state index in [0.29, 0.717) is 22.0 Å². The number of aromatic nitrogens is 4. The van der Waals surface area contributed by atoms with Crippen LogP contribution in [0.3, 0.4) is 0 Å². The van der Waals surface area contributed by atoms with E-state index in [1.54, 1.807) is 36.7 Å². The fourth-order valence-corrected chi connectivity index (χ4v) is 2.31. The Morgan fingerprint density at radius 2 is 2.04 bits per heavy atom. The highest BCUT2D eigenvalue weighted by atomic mass is 35.5. The second-order valence-corrected chi connectivity index (χ2v) is 5.67. The minimum atomic E-state index is -0.228. The molecule has 0 spiro atoms. The molecule has 3 aromatic heterocycles. The summed E-state index contributed by atoms with van der Waals surface area (Å²) in [6.07, 6.45) is 4.74. The number of thioether (sulfide) groups is 1. The van der Waals surface area contributed by atoms with E-state index in [-0.39, 0.29) is 11.7 Å². The summed E-state index contributed by atoms with van der Waals surface area (Å²) in [5, 5.41) is 11.3. The van der Waals surface area contributed by atoms with E-state index in [2.05, 4.69) is 25.5 Å². The van der Waals surface area contributed by atoms with Crippen LogP contribution in [0.15, 0.2) is 52.5 Å². The van der Waals surface area contributed by atoms with Crippen LogP contribution >= 0.6 is 23.4 Å². The molecule has 0 aliphatic carbocycles. The van der Waals surface area contributed by atoms with E-state index >= 15 is 0 Å². The number of amides is 1. The van der Waals surface area contributed by atoms with Crippen LogP contribution in [0.5, 0.6) is 0 Å². The van der Waals surface area contributed by atoms with Crippen molar-refractivity contribution >= 4 is 35.1 Å². The number of halogens is 1. The molecule has 1 amide bonds. The van der Waals surface area contributed by atoms with Gasteiger partial charge in [-0.2, -0.15) is 0 Å². The number of pyridine rings is 2. The van der Waals surface area contributed by atoms with Crippen molar-refractivity contribution in [3.05, 3.63) is 47.9 Å². The van der Waals surface area contributed by atoms with Gasteiger partial charge in [-0.05, 0) is 24.3 Å². The molecule has 3 heterocycles. The molecular formula is C14H10ClN5O2S. The summed E-state index contributed by atoms with van der Waals surface area (Å²) in [6.45, 7) is 0. The quantitative estimate of drug-likeness (QED) is 0.709. The lowest BCUT2D eigenvalue weighted by Crippen LogP contribution is -2.14. The zero-order valence-electron chi connectivity index (χ0n) is 11.6. The molecule has 0 aromatic carbocycles. The lowest BCUT2D eigenvalue weighted by Gasteiger charge is -2.02. The van der Waals surface area contributed by atoms with E-state index in [4.69, 9.17) is 16.0 Å². The average Bonchev–Trinajstić information content (AvgIpc) is 3.05. The number of rotatable bonds is 5. The second-order valence-electron chi connectivity index (χ2n) is 4.31. The van der Waals surface area contributed by atoms with E-state index < -0.39 is 0 Å². The Morgan fingerprint density at radius 1 is 1.22 bits per heavy atom. The molecule has 3 rings (SSSR count). The normalized spacial score (nSPS) is 10.5. The van der Waals surface area contributed by atoms with Gasteiger partial charge in [0.25, 0.3) is 5.22 Å². The van der Waals surface area contributed by atoms with Crippen molar-refractivity contribution in [3.63, 3.8) is 0 Å². The summed E-state index contributed by atoms with van der Waals surface area (Å²) in [5.41, 5.74) is 0.772. The second kappa shape index (κ2) is 7.21. The number of hydrogen-bond donors (Lipinski definition) is 1. The van der Waals surface area contributed by atoms with Crippen LogP contribution in [0, 0.1) is 0 Å². The highest BCUT2D eigenvalue weighted by Gasteiger charge is 2.11. The molecule has 116 valence electrons. The van der Waals surface area contributed by atoms with Crippen molar-refractivity contribution in [2.75, 3.05) is 11.1 Å². The maximum atomic E-state index is 11.8. The third-order valence-electron chi connectivity index (χ3n) is 2.66. The van der Waals surface area contributed by atoms with Gasteiger partial charge in [-0.15, -0.1) is 10.2 Å². The first-order valence-corrected chi connectivity index (χ1v) is 7.85. The van der Waals surface area contributed by atoms with Crippen LogP contribution in [-0.4, -0.2) is 31.8 Å². The minimum absolute atomic E-state index is 0.127. The summed E-state index contributed by atoms with van der Waals surface area (Å²) in [4.78, 5) is 19.8. The Hall–Kier alpha value is -2.45. The van der Waals surface area contributed by atoms with Crippen LogP contribution in [0.4, 0.5) is 5.82 Å². The van der Waals surface area contributed by atoms with Gasteiger partial charge in [0.05, 0.1) is 10.8 Å². The van der Waals surface area contributed by atoms with Gasteiger partial charge in [0.2, 0.25) is 11.8 Å². The zero-order valence-corrected chi connectivity index (χ0v) is 13.2. The molecule has 7 nitrogen and oxygen atoms in total. The SMILES string of the molecule is O=C(CSc1nnc(-c2ccncc2)o1)Nc1ccc(Cl)cn1. The Morgan fingerprint density at radius 3 is 2.78 bits per heavy atom. The molecular weight excluding hydrogens is 338 g/mol. The topological polar surface area (TPSA) is 93.8 Å². The van der Waals surface area contributed by atoms with Crippen molar-refractivity contribution in [2.45, 2.75) is 5.22 Å². The number of hydrogen-bond acceptors (Lipinski definition) is 7. The van der Waals surface area contributed by atoms with E-state index in [1.165, 1.54) is 6.20 Å². The summed E-state index contributed by atoms with van der Waals surface area (Å²) < 4.78 is 5.49. The molecule has 0 saturated carbocycles. The van der Waals surface area contributed by atoms with Crippen LogP contribution < -0.4 is 5.32 Å². The number of nitrogens with zero attached hydrogens (tertiary/aromatic N) is 4. The Balaban J connectivity index is 1.55. The van der Waals surface area contributed by atoms with Gasteiger partial charge in [-0.25, -0.2) is 4.98 Å². The van der Waals surface area contributed by atoms with Gasteiger partial charge < -0.3 is 9.73 Å². The molecule has 1 N–H and O–H groups in total. The lowest BCUT2D eigenvalue weighted by atomic mass is 10.3. The van der Waals surface area contributed by atoms with Crippen LogP contribution in [0.2, 0.25) is 5.02 Å². The Labute approximate surface area is 140 Å². The summed E-state index contributed by atoms with van der Waals surface area (Å²) in [6, 6.07) is 6.80. The maximum absolute atomic E-state index is 11.8. The number of carbonyl (C=O) groups is 1. The standard InChI is InChI=1S/C14H10ClN5O2S/c15-10-1-2-11(17-7-10)18-12(21)8-23-14-20-19-13(22-14)9-3-5-16-6-4-9/h1-7H,8H2,(H,17,18,21). The first-order valence-electron chi connectivity index (χ1n) is 6.49. The maximum Gasteiger partial charge on any atom is 0.277 e. The van der Waals surface area contributed by atoms with Crippen LogP contribution in [0.25, 0.3) is 11.5 Å². The van der Waals surface area contributed by atoms with E-state index in [9.17, 15) is 4.79 Å². The Kier molecular flexibility index (Phi) is 4.84. The third-order valence-corrected chi connectivity index (χ3v) is 3.70. The van der Waals surface area contributed by atoms with Gasteiger partial charge in [0.1, 0.15) is 5.82 Å². The first-order chi connectivity index (χ1) is 11.2. The molecule has 0 radical (unpaired) electrons. The molecule has 9 heteroatoms. The molecule has 3 aromatic rings. The van der Waals surface area contributed by atoms with Gasteiger partial charge in [0.15, 0.2) is 0 Å². The summed E-state index contributed by atoms with van der Waals surface area (Å²) in [7, 11) is 0. The number of nitrogens with one attached hydrogen (secondary N) is 1. The highest BCUT2D eigenvalue weighted by molar-refractivity contribution is 7.99. The summed E-state index contributed by atoms with van der Waals surface area (Å²) >= 11 is 6.88. The predicted molar refractivity (Wildman–Crippen MR) is 86.1 cm³/mol. The molecule has 0 atom stereocenters. The number of carbonyl (C=O) groups excluding carboxylic acids is 1.